The van der Waals surface area contributed by atoms with Gasteiger partial charge in [-0.15, -0.1) is 0 Å². The standard InChI is InChI=1S/C26H40.C2H6/c1-20(2)10-5-8-14-24-17-18-25-23(13-9-19-26(24,25)4)16-15-22-12-7-6-11-21(22)3;1-2/h5,8,15-16,20,24-25H,3,6-7,9-14,17-19H2,1-2,4H3;1-2H3/b8-5+,22-15+,23-16+;. The van der Waals surface area contributed by atoms with Crippen molar-refractivity contribution >= 4 is 0 Å². The van der Waals surface area contributed by atoms with E-state index in [2.05, 4.69) is 51.7 Å². The van der Waals surface area contributed by atoms with Crippen molar-refractivity contribution in [2.24, 2.45) is 23.2 Å². The van der Waals surface area contributed by atoms with Crippen LogP contribution in [-0.4, -0.2) is 0 Å². The molecular weight excluding hydrogens is 336 g/mol. The minimum absolute atomic E-state index is 0.536. The molecule has 0 aromatic heterocycles. The van der Waals surface area contributed by atoms with E-state index in [-0.39, 0.29) is 0 Å². The molecule has 0 bridgehead atoms. The van der Waals surface area contributed by atoms with Crippen LogP contribution >= 0.6 is 0 Å². The van der Waals surface area contributed by atoms with E-state index >= 15 is 0 Å². The first-order chi connectivity index (χ1) is 13.5. The summed E-state index contributed by atoms with van der Waals surface area (Å²) in [5.41, 5.74) is 5.21. The maximum absolute atomic E-state index is 4.30. The van der Waals surface area contributed by atoms with Gasteiger partial charge in [0.2, 0.25) is 0 Å². The fraction of sp³-hybridized carbons (Fsp3) is 0.714. The summed E-state index contributed by atoms with van der Waals surface area (Å²) in [6.45, 7) is 15.5. The SMILES string of the molecule is C=C1CCCC/C1=C\C=C1/CCCC2(C)C(C/C=C/CC(C)C)CCC12.CC. The van der Waals surface area contributed by atoms with Crippen molar-refractivity contribution in [1.82, 2.24) is 0 Å². The monoisotopic (exact) mass is 382 g/mol. The zero-order valence-corrected chi connectivity index (χ0v) is 19.5. The summed E-state index contributed by atoms with van der Waals surface area (Å²) in [5.74, 6) is 2.50. The Morgan fingerprint density at radius 3 is 2.46 bits per heavy atom. The van der Waals surface area contributed by atoms with Crippen molar-refractivity contribution in [2.45, 2.75) is 105 Å². The van der Waals surface area contributed by atoms with Gasteiger partial charge in [0.25, 0.3) is 0 Å². The second-order valence-corrected chi connectivity index (χ2v) is 9.77. The molecule has 28 heavy (non-hydrogen) atoms. The lowest BCUT2D eigenvalue weighted by Gasteiger charge is -2.42. The van der Waals surface area contributed by atoms with Crippen molar-refractivity contribution in [3.05, 3.63) is 47.6 Å². The first kappa shape index (κ1) is 23.2. The second kappa shape index (κ2) is 11.2. The minimum atomic E-state index is 0.536. The first-order valence-corrected chi connectivity index (χ1v) is 12.2. The molecular formula is C28H46. The Labute approximate surface area is 176 Å². The third-order valence-electron chi connectivity index (χ3n) is 7.48. The average molecular weight is 383 g/mol. The van der Waals surface area contributed by atoms with Gasteiger partial charge in [-0.05, 0) is 99.4 Å². The largest absolute Gasteiger partial charge is 0.0956 e. The summed E-state index contributed by atoms with van der Waals surface area (Å²) in [7, 11) is 0. The van der Waals surface area contributed by atoms with Crippen molar-refractivity contribution in [1.29, 1.82) is 0 Å². The summed E-state index contributed by atoms with van der Waals surface area (Å²) in [6, 6.07) is 0. The zero-order chi connectivity index (χ0) is 20.6. The van der Waals surface area contributed by atoms with Crippen LogP contribution in [0.1, 0.15) is 105 Å². The van der Waals surface area contributed by atoms with Gasteiger partial charge in [0.1, 0.15) is 0 Å². The Balaban J connectivity index is 0.00000136. The molecule has 3 aliphatic rings. The van der Waals surface area contributed by atoms with Gasteiger partial charge in [0.05, 0.1) is 0 Å². The van der Waals surface area contributed by atoms with Gasteiger partial charge < -0.3 is 0 Å². The Bertz CT molecular complexity index is 585. The summed E-state index contributed by atoms with van der Waals surface area (Å²) in [6.07, 6.45) is 24.5. The Hall–Kier alpha value is -1.04. The van der Waals surface area contributed by atoms with E-state index < -0.39 is 0 Å². The predicted molar refractivity (Wildman–Crippen MR) is 127 cm³/mol. The maximum Gasteiger partial charge on any atom is -0.0143 e. The maximum atomic E-state index is 4.30. The van der Waals surface area contributed by atoms with E-state index in [0.717, 1.165) is 17.8 Å². The number of rotatable bonds is 5. The van der Waals surface area contributed by atoms with Gasteiger partial charge in [-0.2, -0.15) is 0 Å². The van der Waals surface area contributed by atoms with Gasteiger partial charge in [0, 0.05) is 0 Å². The van der Waals surface area contributed by atoms with E-state index in [1.54, 1.807) is 5.57 Å². The van der Waals surface area contributed by atoms with Crippen LogP contribution in [0.5, 0.6) is 0 Å². The van der Waals surface area contributed by atoms with Crippen LogP contribution in [0.15, 0.2) is 47.6 Å². The average Bonchev–Trinajstić information content (AvgIpc) is 3.03. The highest BCUT2D eigenvalue weighted by atomic mass is 14.5. The van der Waals surface area contributed by atoms with Crippen molar-refractivity contribution in [3.8, 4) is 0 Å². The molecule has 0 N–H and O–H groups in total. The molecule has 3 unspecified atom stereocenters. The topological polar surface area (TPSA) is 0 Å². The van der Waals surface area contributed by atoms with Gasteiger partial charge in [0.15, 0.2) is 0 Å². The first-order valence-electron chi connectivity index (χ1n) is 12.2. The normalized spacial score (nSPS) is 33.4. The molecule has 0 heteroatoms. The molecule has 0 aromatic carbocycles. The minimum Gasteiger partial charge on any atom is -0.0956 e. The molecule has 3 fully saturated rings. The smallest absolute Gasteiger partial charge is 0.0143 e. The van der Waals surface area contributed by atoms with Crippen LogP contribution in [0.4, 0.5) is 0 Å². The molecule has 3 rings (SSSR count). The van der Waals surface area contributed by atoms with E-state index in [1.165, 1.54) is 81.8 Å². The second-order valence-electron chi connectivity index (χ2n) is 9.77. The Kier molecular flexibility index (Phi) is 9.32. The molecule has 0 heterocycles. The molecule has 3 saturated carbocycles. The van der Waals surface area contributed by atoms with E-state index in [9.17, 15) is 0 Å². The zero-order valence-electron chi connectivity index (χ0n) is 19.5. The van der Waals surface area contributed by atoms with E-state index in [4.69, 9.17) is 0 Å². The molecule has 0 radical (unpaired) electrons. The molecule has 0 spiro atoms. The summed E-state index contributed by atoms with van der Waals surface area (Å²) in [5, 5.41) is 0. The van der Waals surface area contributed by atoms with Crippen LogP contribution in [0.25, 0.3) is 0 Å². The third-order valence-corrected chi connectivity index (χ3v) is 7.48. The van der Waals surface area contributed by atoms with Gasteiger partial charge in [-0.3, -0.25) is 0 Å². The molecule has 0 aliphatic heterocycles. The lowest BCUT2D eigenvalue weighted by molar-refractivity contribution is 0.137. The lowest BCUT2D eigenvalue weighted by Crippen LogP contribution is -2.33. The summed E-state index contributed by atoms with van der Waals surface area (Å²) in [4.78, 5) is 0. The van der Waals surface area contributed by atoms with Gasteiger partial charge in [-0.25, -0.2) is 0 Å². The Morgan fingerprint density at radius 2 is 1.75 bits per heavy atom. The van der Waals surface area contributed by atoms with Gasteiger partial charge in [-0.1, -0.05) is 76.6 Å². The highest BCUT2D eigenvalue weighted by Crippen LogP contribution is 2.58. The summed E-state index contributed by atoms with van der Waals surface area (Å²) < 4.78 is 0. The molecule has 0 aromatic rings. The van der Waals surface area contributed by atoms with Gasteiger partial charge >= 0.3 is 0 Å². The highest BCUT2D eigenvalue weighted by molar-refractivity contribution is 5.35. The fourth-order valence-electron chi connectivity index (χ4n) is 5.76. The van der Waals surface area contributed by atoms with Crippen LogP contribution in [0, 0.1) is 23.2 Å². The lowest BCUT2D eigenvalue weighted by atomic mass is 9.63. The number of hydrogen-bond donors (Lipinski definition) is 0. The molecule has 0 saturated heterocycles. The van der Waals surface area contributed by atoms with Crippen LogP contribution in [0.2, 0.25) is 0 Å². The molecule has 3 aliphatic carbocycles. The van der Waals surface area contributed by atoms with E-state index in [0.29, 0.717) is 5.41 Å². The number of hydrogen-bond acceptors (Lipinski definition) is 0. The van der Waals surface area contributed by atoms with Crippen molar-refractivity contribution < 1.29 is 0 Å². The fourth-order valence-corrected chi connectivity index (χ4v) is 5.76. The predicted octanol–water partition coefficient (Wildman–Crippen LogP) is 9.20. The van der Waals surface area contributed by atoms with Crippen molar-refractivity contribution in [3.63, 3.8) is 0 Å². The van der Waals surface area contributed by atoms with E-state index in [1.807, 2.05) is 13.8 Å². The summed E-state index contributed by atoms with van der Waals surface area (Å²) >= 11 is 0. The molecule has 0 amide bonds. The number of fused-ring (bicyclic) bond motifs is 1. The van der Waals surface area contributed by atoms with Crippen LogP contribution < -0.4 is 0 Å². The molecule has 3 atom stereocenters. The molecule has 158 valence electrons. The van der Waals surface area contributed by atoms with Crippen LogP contribution in [-0.2, 0) is 0 Å². The molecule has 0 nitrogen and oxygen atoms in total. The third kappa shape index (κ3) is 5.74. The number of allylic oxidation sites excluding steroid dienone is 7. The van der Waals surface area contributed by atoms with Crippen LogP contribution in [0.3, 0.4) is 0 Å². The Morgan fingerprint density at radius 1 is 1.00 bits per heavy atom. The van der Waals surface area contributed by atoms with Crippen molar-refractivity contribution in [2.75, 3.05) is 0 Å². The quantitative estimate of drug-likeness (QED) is 0.416. The highest BCUT2D eigenvalue weighted by Gasteiger charge is 2.48.